The molecule has 2 aliphatic carbocycles. The predicted octanol–water partition coefficient (Wildman–Crippen LogP) is -0.275. The van der Waals surface area contributed by atoms with Gasteiger partial charge in [-0.1, -0.05) is 42.5 Å². The van der Waals surface area contributed by atoms with Crippen molar-refractivity contribution < 1.29 is 166 Å². The third kappa shape index (κ3) is 12.5. The summed E-state index contributed by atoms with van der Waals surface area (Å²) in [6.45, 7) is -0.181. The molecule has 0 radical (unpaired) electrons. The van der Waals surface area contributed by atoms with E-state index in [-0.39, 0.29) is 133 Å². The zero-order valence-electron chi connectivity index (χ0n) is 26.6. The van der Waals surface area contributed by atoms with E-state index in [1.807, 2.05) is 0 Å². The number of halogens is 7. The fourth-order valence-corrected chi connectivity index (χ4v) is 4.51. The van der Waals surface area contributed by atoms with E-state index in [9.17, 15) is 36.6 Å². The monoisotopic (exact) mass is 792 g/mol. The second-order valence-electron chi connectivity index (χ2n) is 10.0. The Labute approximate surface area is 366 Å². The maximum atomic E-state index is 14.0. The first-order valence-electron chi connectivity index (χ1n) is 13.5. The van der Waals surface area contributed by atoms with Gasteiger partial charge in [0, 0.05) is 16.6 Å². The quantitative estimate of drug-likeness (QED) is 0.0721. The second-order valence-corrected chi connectivity index (χ2v) is 10.9. The zero-order chi connectivity index (χ0) is 34.1. The number of phenolic OH excluding ortho intramolecular Hbond substituents is 2. The summed E-state index contributed by atoms with van der Waals surface area (Å²) in [5.41, 5.74) is 0.469. The van der Waals surface area contributed by atoms with Crippen LogP contribution in [0.4, 0.5) is 26.3 Å². The number of carbonyl (C=O) groups excluding carboxylic acids is 1. The van der Waals surface area contributed by atoms with Crippen molar-refractivity contribution in [2.24, 2.45) is 0 Å². The van der Waals surface area contributed by atoms with Gasteiger partial charge in [0.25, 0.3) is 6.47 Å². The molecule has 0 spiro atoms. The zero-order valence-corrected chi connectivity index (χ0v) is 33.4. The van der Waals surface area contributed by atoms with Crippen LogP contribution in [-0.4, -0.2) is 33.9 Å². The Kier molecular flexibility index (Phi) is 20.3. The first-order chi connectivity index (χ1) is 21.8. The van der Waals surface area contributed by atoms with E-state index in [0.717, 1.165) is 43.9 Å². The van der Waals surface area contributed by atoms with Crippen LogP contribution in [0.3, 0.4) is 0 Å². The van der Waals surface area contributed by atoms with Crippen molar-refractivity contribution in [3.8, 4) is 22.6 Å². The smallest absolute Gasteiger partial charge is 1.00 e. The molecule has 7 nitrogen and oxygen atoms in total. The van der Waals surface area contributed by atoms with E-state index < -0.39 is 53.2 Å². The molecule has 4 aromatic carbocycles. The summed E-state index contributed by atoms with van der Waals surface area (Å²) in [7, 11) is -1.97. The summed E-state index contributed by atoms with van der Waals surface area (Å²) >= 11 is 3.06. The molecule has 0 atom stereocenters. The molecule has 0 aliphatic heterocycles. The van der Waals surface area contributed by atoms with Crippen LogP contribution >= 0.6 is 15.9 Å². The molecule has 0 amide bonds. The molecular formula is C31H26BBrF6K2O7. The number of aromatic hydroxyl groups is 2. The van der Waals surface area contributed by atoms with Crippen LogP contribution in [0.5, 0.6) is 11.5 Å². The maximum Gasteiger partial charge on any atom is 1.00 e. The molecule has 0 aromatic heterocycles. The van der Waals surface area contributed by atoms with Crippen LogP contribution in [0.25, 0.3) is 11.1 Å². The van der Waals surface area contributed by atoms with Crippen molar-refractivity contribution in [3.63, 3.8) is 0 Å². The third-order valence-electron chi connectivity index (χ3n) is 6.82. The van der Waals surface area contributed by atoms with E-state index in [4.69, 9.17) is 20.1 Å². The molecule has 0 saturated heterocycles. The summed E-state index contributed by atoms with van der Waals surface area (Å²) in [6, 6.07) is 13.2. The Bertz CT molecular complexity index is 1690. The van der Waals surface area contributed by atoms with Gasteiger partial charge in [-0.05, 0) is 82.8 Å². The van der Waals surface area contributed by atoms with Gasteiger partial charge in [0.2, 0.25) is 0 Å². The number of carbonyl (C=O) groups is 1. The first kappa shape index (κ1) is 45.2. The summed E-state index contributed by atoms with van der Waals surface area (Å²) in [5, 5.41) is 44.5. The topological polar surface area (TPSA) is 130 Å². The van der Waals surface area contributed by atoms with Gasteiger partial charge in [-0.25, -0.2) is 26.3 Å². The number of hydrogen-bond donors (Lipinski definition) is 4. The maximum absolute atomic E-state index is 14.0. The Balaban J connectivity index is 0.000000676. The van der Waals surface area contributed by atoms with Crippen molar-refractivity contribution in [2.45, 2.75) is 37.5 Å². The van der Waals surface area contributed by atoms with E-state index >= 15 is 0 Å². The summed E-state index contributed by atoms with van der Waals surface area (Å²) in [4.78, 5) is 11.2. The van der Waals surface area contributed by atoms with Crippen LogP contribution in [-0.2, 0) is 9.68 Å². The van der Waals surface area contributed by atoms with E-state index in [1.54, 1.807) is 12.1 Å². The van der Waals surface area contributed by atoms with Gasteiger partial charge in [-0.15, -0.1) is 0 Å². The molecule has 0 bridgehead atoms. The summed E-state index contributed by atoms with van der Waals surface area (Å²) in [6.07, 6.45) is 3.87. The van der Waals surface area contributed by atoms with E-state index in [1.165, 1.54) is 30.3 Å². The minimum absolute atomic E-state index is 0. The van der Waals surface area contributed by atoms with Gasteiger partial charge in [0.1, 0.15) is 0 Å². The Morgan fingerprint density at radius 2 is 1.17 bits per heavy atom. The molecule has 17 heteroatoms. The molecule has 2 saturated carbocycles. The molecular weight excluding hydrogens is 767 g/mol. The van der Waals surface area contributed by atoms with E-state index in [0.29, 0.717) is 21.5 Å². The standard InChI is InChI=1S/C15H11F3O.C9H8BrFO.C6H5BF2O2.CH2O3.2K.H/c16-12-3-1-2-10(13(12)17)11-7-6-9(8-4-5-8)14(18)15(11)19;10-7-4-3-6(5-1-2-5)8(11)9(7)12;8-5-3-1-2-4(6(5)9)7(10)11;2-1-4-3;;;/h1-3,6-8,19H,4-5H2;3-5,12H,1-2H2;1-3,10-11H;1,3H;;;/q;;;;2*+1;-1/p-1. The molecule has 246 valence electrons. The van der Waals surface area contributed by atoms with Gasteiger partial charge in [0.15, 0.2) is 46.4 Å². The molecule has 4 aromatic rings. The SMILES string of the molecule is O=CO[O-].OB(O)c1cccc(F)c1F.Oc1c(-c2cccc(F)c2F)ccc(C2CC2)c1F.Oc1c(Br)ccc(C2CC2)c1F.[H-].[K+].[K+]. The minimum atomic E-state index is -1.97. The Morgan fingerprint density at radius 1 is 0.708 bits per heavy atom. The molecule has 48 heavy (non-hydrogen) atoms. The second kappa shape index (κ2) is 21.6. The van der Waals surface area contributed by atoms with Crippen LogP contribution in [0.1, 0.15) is 50.1 Å². The van der Waals surface area contributed by atoms with Crippen molar-refractivity contribution in [3.05, 3.63) is 111 Å². The molecule has 2 aliphatic rings. The molecule has 0 unspecified atom stereocenters. The van der Waals surface area contributed by atoms with Gasteiger partial charge in [-0.3, -0.25) is 4.79 Å². The number of benzene rings is 4. The van der Waals surface area contributed by atoms with Crippen LogP contribution in [0, 0.1) is 34.9 Å². The average Bonchev–Trinajstić information content (AvgIpc) is 3.96. The predicted molar refractivity (Wildman–Crippen MR) is 158 cm³/mol. The van der Waals surface area contributed by atoms with Gasteiger partial charge >= 0.3 is 110 Å². The molecule has 2 fully saturated rings. The average molecular weight is 793 g/mol. The normalized spacial score (nSPS) is 12.6. The Hall–Kier alpha value is -0.772. The first-order valence-corrected chi connectivity index (χ1v) is 14.3. The molecule has 6 rings (SSSR count). The van der Waals surface area contributed by atoms with Crippen molar-refractivity contribution in [1.82, 2.24) is 0 Å². The number of phenols is 2. The van der Waals surface area contributed by atoms with Crippen LogP contribution in [0.2, 0.25) is 0 Å². The fraction of sp³-hybridized carbons (Fsp3) is 0.194. The van der Waals surface area contributed by atoms with Crippen molar-refractivity contribution in [2.75, 3.05) is 0 Å². The largest absolute Gasteiger partial charge is 1.00 e. The van der Waals surface area contributed by atoms with E-state index in [2.05, 4.69) is 20.8 Å². The third-order valence-corrected chi connectivity index (χ3v) is 7.46. The fourth-order valence-electron chi connectivity index (χ4n) is 4.21. The van der Waals surface area contributed by atoms with Gasteiger partial charge < -0.3 is 31.8 Å². The van der Waals surface area contributed by atoms with Crippen molar-refractivity contribution >= 4 is 35.0 Å². The van der Waals surface area contributed by atoms with Crippen LogP contribution in [0.15, 0.2) is 65.1 Å². The number of hydrogen-bond acceptors (Lipinski definition) is 7. The molecule has 4 N–H and O–H groups in total. The Morgan fingerprint density at radius 3 is 1.62 bits per heavy atom. The van der Waals surface area contributed by atoms with Crippen LogP contribution < -0.4 is 113 Å². The number of rotatable bonds is 5. The summed E-state index contributed by atoms with van der Waals surface area (Å²) in [5.74, 6) is -6.02. The van der Waals surface area contributed by atoms with Crippen molar-refractivity contribution in [1.29, 1.82) is 0 Å². The molecule has 0 heterocycles. The minimum Gasteiger partial charge on any atom is -1.00 e. The summed E-state index contributed by atoms with van der Waals surface area (Å²) < 4.78 is 79.4. The van der Waals surface area contributed by atoms with Gasteiger partial charge in [-0.2, -0.15) is 0 Å². The van der Waals surface area contributed by atoms with Gasteiger partial charge in [0.05, 0.1) is 4.47 Å².